The number of alkyl carbamates (subject to hydrolysis) is 1. The molecule has 0 aliphatic rings. The minimum Gasteiger partial charge on any atom is -0.488 e. The van der Waals surface area contributed by atoms with Gasteiger partial charge in [0, 0.05) is 6.54 Å². The second-order valence-electron chi connectivity index (χ2n) is 7.40. The van der Waals surface area contributed by atoms with Crippen LogP contribution < -0.4 is 10.1 Å². The van der Waals surface area contributed by atoms with Gasteiger partial charge in [0.05, 0.1) is 0 Å². The lowest BCUT2D eigenvalue weighted by molar-refractivity contribution is 0.0529. The predicted molar refractivity (Wildman–Crippen MR) is 94.7 cm³/mol. The quantitative estimate of drug-likeness (QED) is 0.794. The highest BCUT2D eigenvalue weighted by atomic mass is 16.6. The van der Waals surface area contributed by atoms with E-state index < -0.39 is 5.60 Å². The van der Waals surface area contributed by atoms with Gasteiger partial charge in [-0.15, -0.1) is 0 Å². The number of rotatable bonds is 5. The van der Waals surface area contributed by atoms with Crippen LogP contribution in [0, 0.1) is 0 Å². The third kappa shape index (κ3) is 9.61. The normalized spacial score (nSPS) is 12.3. The van der Waals surface area contributed by atoms with Gasteiger partial charge in [-0.3, -0.25) is 0 Å². The van der Waals surface area contributed by atoms with E-state index >= 15 is 0 Å². The van der Waals surface area contributed by atoms with E-state index in [0.717, 1.165) is 17.7 Å². The Morgan fingerprint density at radius 3 is 2.17 bits per heavy atom. The molecule has 0 fully saturated rings. The Balaban J connectivity index is 2.34. The van der Waals surface area contributed by atoms with Crippen LogP contribution >= 0.6 is 0 Å². The lowest BCUT2D eigenvalue weighted by atomic mass is 10.1. The minimum atomic E-state index is -0.462. The van der Waals surface area contributed by atoms with Gasteiger partial charge in [0.25, 0.3) is 0 Å². The van der Waals surface area contributed by atoms with Crippen molar-refractivity contribution in [3.63, 3.8) is 0 Å². The molecule has 0 saturated heterocycles. The van der Waals surface area contributed by atoms with Crippen LogP contribution in [0.4, 0.5) is 4.79 Å². The van der Waals surface area contributed by atoms with Crippen molar-refractivity contribution in [2.45, 2.75) is 59.2 Å². The maximum Gasteiger partial charge on any atom is 0.407 e. The number of carbonyl (C=O) groups excluding carboxylic acids is 1. The first-order valence-corrected chi connectivity index (χ1v) is 7.98. The van der Waals surface area contributed by atoms with E-state index in [1.807, 2.05) is 78.0 Å². The van der Waals surface area contributed by atoms with E-state index in [1.54, 1.807) is 0 Å². The molecule has 0 aliphatic heterocycles. The molecule has 1 aromatic rings. The van der Waals surface area contributed by atoms with Crippen molar-refractivity contribution in [3.8, 4) is 5.75 Å². The van der Waals surface area contributed by atoms with Crippen LogP contribution in [0.5, 0.6) is 5.75 Å². The van der Waals surface area contributed by atoms with Crippen LogP contribution in [0.25, 0.3) is 6.08 Å². The highest BCUT2D eigenvalue weighted by Gasteiger charge is 2.15. The fourth-order valence-corrected chi connectivity index (χ4v) is 1.79. The fraction of sp³-hybridized carbons (Fsp3) is 0.526. The van der Waals surface area contributed by atoms with E-state index in [0.29, 0.717) is 6.54 Å². The van der Waals surface area contributed by atoms with E-state index in [4.69, 9.17) is 9.47 Å². The molecule has 0 atom stereocenters. The van der Waals surface area contributed by atoms with Crippen molar-refractivity contribution in [2.75, 3.05) is 6.54 Å². The van der Waals surface area contributed by atoms with Gasteiger partial charge in [-0.05, 0) is 65.7 Å². The first-order valence-electron chi connectivity index (χ1n) is 7.98. The summed E-state index contributed by atoms with van der Waals surface area (Å²) in [5.74, 6) is 0.862. The van der Waals surface area contributed by atoms with E-state index in [2.05, 4.69) is 5.32 Å². The number of nitrogens with one attached hydrogen (secondary N) is 1. The first-order chi connectivity index (χ1) is 10.6. The lowest BCUT2D eigenvalue weighted by Crippen LogP contribution is -2.32. The number of hydrogen-bond acceptors (Lipinski definition) is 3. The molecule has 0 bridgehead atoms. The van der Waals surface area contributed by atoms with Crippen molar-refractivity contribution in [3.05, 3.63) is 35.9 Å². The Morgan fingerprint density at radius 1 is 1.04 bits per heavy atom. The Hall–Kier alpha value is -1.97. The average molecular weight is 319 g/mol. The monoisotopic (exact) mass is 319 g/mol. The van der Waals surface area contributed by atoms with Crippen LogP contribution in [0.3, 0.4) is 0 Å². The van der Waals surface area contributed by atoms with Crippen LogP contribution in [-0.4, -0.2) is 23.8 Å². The van der Waals surface area contributed by atoms with Crippen LogP contribution in [0.1, 0.15) is 53.5 Å². The lowest BCUT2D eigenvalue weighted by Gasteiger charge is -2.21. The van der Waals surface area contributed by atoms with Crippen molar-refractivity contribution in [1.29, 1.82) is 0 Å². The van der Waals surface area contributed by atoms with Gasteiger partial charge < -0.3 is 14.8 Å². The minimum absolute atomic E-state index is 0.190. The van der Waals surface area contributed by atoms with Gasteiger partial charge in [0.1, 0.15) is 17.0 Å². The molecule has 4 nitrogen and oxygen atoms in total. The topological polar surface area (TPSA) is 47.6 Å². The molecule has 0 unspecified atom stereocenters. The standard InChI is InChI=1S/C19H29NO3/c1-18(2,3)22-16-12-10-15(11-13-16)9-7-8-14-20-17(21)23-19(4,5)6/h7,9-13H,8,14H2,1-6H3,(H,20,21). The zero-order valence-electron chi connectivity index (χ0n) is 15.1. The maximum absolute atomic E-state index is 11.5. The highest BCUT2D eigenvalue weighted by Crippen LogP contribution is 2.19. The molecule has 1 rings (SSSR count). The number of carbonyl (C=O) groups is 1. The summed E-state index contributed by atoms with van der Waals surface area (Å²) in [5, 5.41) is 2.73. The smallest absolute Gasteiger partial charge is 0.407 e. The molecule has 1 N–H and O–H groups in total. The summed E-state index contributed by atoms with van der Waals surface area (Å²) >= 11 is 0. The summed E-state index contributed by atoms with van der Waals surface area (Å²) in [6, 6.07) is 7.95. The third-order valence-corrected chi connectivity index (χ3v) is 2.59. The van der Waals surface area contributed by atoms with Crippen LogP contribution in [-0.2, 0) is 4.74 Å². The Bertz CT molecular complexity index is 519. The molecular weight excluding hydrogens is 290 g/mol. The second-order valence-corrected chi connectivity index (χ2v) is 7.40. The van der Waals surface area contributed by atoms with Gasteiger partial charge in [-0.25, -0.2) is 4.79 Å². The molecule has 23 heavy (non-hydrogen) atoms. The SMILES string of the molecule is CC(C)(C)OC(=O)NCCC=Cc1ccc(OC(C)(C)C)cc1. The molecule has 1 amide bonds. The molecule has 0 radical (unpaired) electrons. The maximum atomic E-state index is 11.5. The van der Waals surface area contributed by atoms with Gasteiger partial charge in [0.15, 0.2) is 0 Å². The second kappa shape index (κ2) is 8.04. The molecule has 0 spiro atoms. The van der Waals surface area contributed by atoms with E-state index in [9.17, 15) is 4.79 Å². The molecule has 0 heterocycles. The van der Waals surface area contributed by atoms with E-state index in [1.165, 1.54) is 0 Å². The molecule has 0 aliphatic carbocycles. The molecule has 128 valence electrons. The van der Waals surface area contributed by atoms with Crippen LogP contribution in [0.15, 0.2) is 30.3 Å². The predicted octanol–water partition coefficient (Wildman–Crippen LogP) is 4.79. The number of benzene rings is 1. The molecule has 1 aromatic carbocycles. The molecular formula is C19H29NO3. The van der Waals surface area contributed by atoms with Gasteiger partial charge >= 0.3 is 6.09 Å². The van der Waals surface area contributed by atoms with Gasteiger partial charge in [0.2, 0.25) is 0 Å². The molecule has 0 saturated carbocycles. The largest absolute Gasteiger partial charge is 0.488 e. The van der Waals surface area contributed by atoms with Crippen molar-refractivity contribution in [2.24, 2.45) is 0 Å². The summed E-state index contributed by atoms with van der Waals surface area (Å²) < 4.78 is 10.9. The van der Waals surface area contributed by atoms with E-state index in [-0.39, 0.29) is 11.7 Å². The number of ether oxygens (including phenoxy) is 2. The summed E-state index contributed by atoms with van der Waals surface area (Å²) in [6.45, 7) is 12.2. The summed E-state index contributed by atoms with van der Waals surface area (Å²) in [7, 11) is 0. The van der Waals surface area contributed by atoms with Crippen molar-refractivity contribution in [1.82, 2.24) is 5.32 Å². The Morgan fingerprint density at radius 2 is 1.65 bits per heavy atom. The summed E-state index contributed by atoms with van der Waals surface area (Å²) in [4.78, 5) is 11.5. The Kier molecular flexibility index (Phi) is 6.67. The zero-order chi connectivity index (χ0) is 17.5. The first kappa shape index (κ1) is 19.1. The number of hydrogen-bond donors (Lipinski definition) is 1. The zero-order valence-corrected chi connectivity index (χ0v) is 15.1. The van der Waals surface area contributed by atoms with Crippen molar-refractivity contribution >= 4 is 12.2 Å². The molecule has 4 heteroatoms. The summed E-state index contributed by atoms with van der Waals surface area (Å²) in [5.41, 5.74) is 0.449. The van der Waals surface area contributed by atoms with Gasteiger partial charge in [-0.1, -0.05) is 24.3 Å². The fourth-order valence-electron chi connectivity index (χ4n) is 1.79. The highest BCUT2D eigenvalue weighted by molar-refractivity contribution is 5.67. The van der Waals surface area contributed by atoms with Gasteiger partial charge in [-0.2, -0.15) is 0 Å². The molecule has 0 aromatic heterocycles. The van der Waals surface area contributed by atoms with Crippen molar-refractivity contribution < 1.29 is 14.3 Å². The number of amides is 1. The third-order valence-electron chi connectivity index (χ3n) is 2.59. The average Bonchev–Trinajstić information content (AvgIpc) is 2.36. The van der Waals surface area contributed by atoms with Crippen LogP contribution in [0.2, 0.25) is 0 Å². The Labute approximate surface area is 139 Å². The summed E-state index contributed by atoms with van der Waals surface area (Å²) in [6.07, 6.45) is 4.42.